The van der Waals surface area contributed by atoms with Gasteiger partial charge in [-0.15, -0.1) is 0 Å². The zero-order chi connectivity index (χ0) is 13.9. The highest BCUT2D eigenvalue weighted by Crippen LogP contribution is 2.39. The summed E-state index contributed by atoms with van der Waals surface area (Å²) in [6.07, 6.45) is 6.34. The van der Waals surface area contributed by atoms with Gasteiger partial charge in [0.1, 0.15) is 0 Å². The Balaban J connectivity index is 1.96. The smallest absolute Gasteiger partial charge is 0.0678 e. The topological polar surface area (TPSA) is 24.5 Å². The second kappa shape index (κ2) is 6.55. The summed E-state index contributed by atoms with van der Waals surface area (Å²) in [5.74, 6) is 0.924. The highest BCUT2D eigenvalue weighted by atomic mass is 16.5. The van der Waals surface area contributed by atoms with Gasteiger partial charge >= 0.3 is 0 Å². The van der Waals surface area contributed by atoms with Crippen LogP contribution in [0.4, 0.5) is 0 Å². The van der Waals surface area contributed by atoms with Crippen molar-refractivity contribution in [2.24, 2.45) is 11.3 Å². The van der Waals surface area contributed by atoms with Crippen molar-refractivity contribution in [3.8, 4) is 0 Å². The lowest BCUT2D eigenvalue weighted by molar-refractivity contribution is -0.0810. The molecule has 1 saturated heterocycles. The van der Waals surface area contributed by atoms with E-state index >= 15 is 0 Å². The molecule has 2 rings (SSSR count). The van der Waals surface area contributed by atoms with Crippen LogP contribution in [0.25, 0.3) is 0 Å². The molecule has 2 unspecified atom stereocenters. The summed E-state index contributed by atoms with van der Waals surface area (Å²) in [5.41, 5.74) is 0.498. The first-order chi connectivity index (χ1) is 9.03. The molecule has 0 aromatic heterocycles. The van der Waals surface area contributed by atoms with Crippen molar-refractivity contribution in [3.05, 3.63) is 0 Å². The zero-order valence-electron chi connectivity index (χ0n) is 13.2. The Morgan fingerprint density at radius 1 is 1.11 bits per heavy atom. The SMILES string of the molecule is CNCC1(CN2CC(C)OC(C)C2)CCC(C)CC1. The maximum absolute atomic E-state index is 5.86. The Bertz CT molecular complexity index is 264. The molecule has 2 fully saturated rings. The lowest BCUT2D eigenvalue weighted by atomic mass is 9.70. The third-order valence-electron chi connectivity index (χ3n) is 4.94. The van der Waals surface area contributed by atoms with Crippen molar-refractivity contribution in [1.29, 1.82) is 0 Å². The molecule has 1 N–H and O–H groups in total. The number of hydrogen-bond donors (Lipinski definition) is 1. The van der Waals surface area contributed by atoms with E-state index in [9.17, 15) is 0 Å². The molecule has 0 aromatic rings. The van der Waals surface area contributed by atoms with E-state index < -0.39 is 0 Å². The fraction of sp³-hybridized carbons (Fsp3) is 1.00. The predicted molar refractivity (Wildman–Crippen MR) is 80.4 cm³/mol. The predicted octanol–water partition coefficient (Wildman–Crippen LogP) is 2.51. The maximum atomic E-state index is 5.86. The summed E-state index contributed by atoms with van der Waals surface area (Å²) >= 11 is 0. The lowest BCUT2D eigenvalue weighted by Crippen LogP contribution is -2.52. The Labute approximate surface area is 119 Å². The van der Waals surface area contributed by atoms with Crippen LogP contribution >= 0.6 is 0 Å². The highest BCUT2D eigenvalue weighted by molar-refractivity contribution is 4.90. The summed E-state index contributed by atoms with van der Waals surface area (Å²) in [4.78, 5) is 2.64. The first-order valence-electron chi connectivity index (χ1n) is 8.05. The molecule has 0 bridgehead atoms. The minimum absolute atomic E-state index is 0.387. The van der Waals surface area contributed by atoms with E-state index in [1.165, 1.54) is 38.8 Å². The molecule has 1 heterocycles. The molecule has 3 nitrogen and oxygen atoms in total. The Morgan fingerprint density at radius 2 is 1.68 bits per heavy atom. The second-order valence-electron chi connectivity index (χ2n) is 7.16. The van der Waals surface area contributed by atoms with Gasteiger partial charge < -0.3 is 10.1 Å². The van der Waals surface area contributed by atoms with Gasteiger partial charge in [-0.3, -0.25) is 4.90 Å². The minimum atomic E-state index is 0.387. The third kappa shape index (κ3) is 4.17. The van der Waals surface area contributed by atoms with Crippen LogP contribution in [0.3, 0.4) is 0 Å². The quantitative estimate of drug-likeness (QED) is 0.848. The van der Waals surface area contributed by atoms with Crippen molar-refractivity contribution in [3.63, 3.8) is 0 Å². The van der Waals surface area contributed by atoms with E-state index in [1.807, 2.05) is 0 Å². The standard InChI is InChI=1S/C16H32N2O/c1-13-5-7-16(8-6-13,11-17-4)12-18-9-14(2)19-15(3)10-18/h13-15,17H,5-12H2,1-4H3. The van der Waals surface area contributed by atoms with Crippen LogP contribution in [-0.4, -0.2) is 50.3 Å². The summed E-state index contributed by atoms with van der Waals surface area (Å²) in [6.45, 7) is 11.4. The van der Waals surface area contributed by atoms with Crippen molar-refractivity contribution in [1.82, 2.24) is 10.2 Å². The van der Waals surface area contributed by atoms with Gasteiger partial charge in [0.15, 0.2) is 0 Å². The molecular formula is C16H32N2O. The number of morpholine rings is 1. The van der Waals surface area contributed by atoms with Crippen LogP contribution < -0.4 is 5.32 Å². The van der Waals surface area contributed by atoms with Crippen molar-refractivity contribution in [2.75, 3.05) is 33.2 Å². The largest absolute Gasteiger partial charge is 0.373 e. The summed E-state index contributed by atoms with van der Waals surface area (Å²) < 4.78 is 5.86. The molecule has 0 spiro atoms. The zero-order valence-corrected chi connectivity index (χ0v) is 13.2. The third-order valence-corrected chi connectivity index (χ3v) is 4.94. The van der Waals surface area contributed by atoms with E-state index in [0.717, 1.165) is 19.0 Å². The normalized spacial score (nSPS) is 41.4. The molecule has 1 saturated carbocycles. The van der Waals surface area contributed by atoms with Crippen LogP contribution in [0.2, 0.25) is 0 Å². The molecule has 0 aromatic carbocycles. The van der Waals surface area contributed by atoms with E-state index in [1.54, 1.807) is 0 Å². The molecule has 112 valence electrons. The molecule has 2 aliphatic rings. The Hall–Kier alpha value is -0.120. The number of nitrogens with one attached hydrogen (secondary N) is 1. The first kappa shape index (κ1) is 15.3. The Kier molecular flexibility index (Phi) is 5.27. The summed E-state index contributed by atoms with van der Waals surface area (Å²) in [7, 11) is 2.10. The molecule has 0 radical (unpaired) electrons. The monoisotopic (exact) mass is 268 g/mol. The van der Waals surface area contributed by atoms with Gasteiger partial charge in [0.25, 0.3) is 0 Å². The number of rotatable bonds is 4. The summed E-state index contributed by atoms with van der Waals surface area (Å²) in [6, 6.07) is 0. The molecule has 3 heteroatoms. The van der Waals surface area contributed by atoms with Crippen molar-refractivity contribution >= 4 is 0 Å². The van der Waals surface area contributed by atoms with Gasteiger partial charge in [-0.25, -0.2) is 0 Å². The van der Waals surface area contributed by atoms with E-state index in [4.69, 9.17) is 4.74 Å². The van der Waals surface area contributed by atoms with Gasteiger partial charge in [-0.1, -0.05) is 19.8 Å². The van der Waals surface area contributed by atoms with Crippen LogP contribution in [0.1, 0.15) is 46.5 Å². The second-order valence-corrected chi connectivity index (χ2v) is 7.16. The maximum Gasteiger partial charge on any atom is 0.0678 e. The summed E-state index contributed by atoms with van der Waals surface area (Å²) in [5, 5.41) is 3.45. The van der Waals surface area contributed by atoms with Gasteiger partial charge in [0.05, 0.1) is 12.2 Å². The molecule has 19 heavy (non-hydrogen) atoms. The van der Waals surface area contributed by atoms with Crippen LogP contribution in [-0.2, 0) is 4.74 Å². The van der Waals surface area contributed by atoms with E-state index in [-0.39, 0.29) is 0 Å². The van der Waals surface area contributed by atoms with Gasteiger partial charge in [0.2, 0.25) is 0 Å². The van der Waals surface area contributed by atoms with Crippen molar-refractivity contribution < 1.29 is 4.74 Å². The van der Waals surface area contributed by atoms with Gasteiger partial charge in [0, 0.05) is 26.2 Å². The van der Waals surface area contributed by atoms with Gasteiger partial charge in [-0.2, -0.15) is 0 Å². The average Bonchev–Trinajstić information content (AvgIpc) is 2.32. The van der Waals surface area contributed by atoms with Crippen LogP contribution in [0.5, 0.6) is 0 Å². The highest BCUT2D eigenvalue weighted by Gasteiger charge is 2.36. The molecule has 2 atom stereocenters. The van der Waals surface area contributed by atoms with Crippen molar-refractivity contribution in [2.45, 2.75) is 58.7 Å². The molecule has 1 aliphatic carbocycles. The molecule has 0 amide bonds. The minimum Gasteiger partial charge on any atom is -0.373 e. The fourth-order valence-corrected chi connectivity index (χ4v) is 4.03. The van der Waals surface area contributed by atoms with Crippen LogP contribution in [0.15, 0.2) is 0 Å². The van der Waals surface area contributed by atoms with E-state index in [0.29, 0.717) is 17.6 Å². The van der Waals surface area contributed by atoms with E-state index in [2.05, 4.69) is 38.0 Å². The number of ether oxygens (including phenoxy) is 1. The Morgan fingerprint density at radius 3 is 2.21 bits per heavy atom. The number of nitrogens with zero attached hydrogens (tertiary/aromatic N) is 1. The molecule has 1 aliphatic heterocycles. The fourth-order valence-electron chi connectivity index (χ4n) is 4.03. The first-order valence-corrected chi connectivity index (χ1v) is 8.05. The van der Waals surface area contributed by atoms with Crippen LogP contribution in [0, 0.1) is 11.3 Å². The lowest BCUT2D eigenvalue weighted by Gasteiger charge is -2.45. The molecular weight excluding hydrogens is 236 g/mol. The number of hydrogen-bond acceptors (Lipinski definition) is 3. The van der Waals surface area contributed by atoms with Gasteiger partial charge in [-0.05, 0) is 45.1 Å². The average molecular weight is 268 g/mol.